The third kappa shape index (κ3) is 3.38. The standard InChI is InChI=1S/C15H14ClN3O2/c1-9-2-3-12(17)15(16)11(9)6-14(21)19-13-4-5-18-7-10(13)8-20/h2-5,7-8H,6,17H2,1H3,(H,18,19,21). The summed E-state index contributed by atoms with van der Waals surface area (Å²) in [6.45, 7) is 1.86. The van der Waals surface area contributed by atoms with E-state index in [4.69, 9.17) is 17.3 Å². The second-order valence-corrected chi connectivity index (χ2v) is 4.95. The van der Waals surface area contributed by atoms with Crippen LogP contribution in [0.25, 0.3) is 0 Å². The fraction of sp³-hybridized carbons (Fsp3) is 0.133. The van der Waals surface area contributed by atoms with E-state index in [9.17, 15) is 9.59 Å². The molecule has 2 aromatic rings. The second-order valence-electron chi connectivity index (χ2n) is 4.57. The van der Waals surface area contributed by atoms with Gasteiger partial charge >= 0.3 is 0 Å². The zero-order valence-corrected chi connectivity index (χ0v) is 12.1. The Bertz CT molecular complexity index is 701. The van der Waals surface area contributed by atoms with Crippen molar-refractivity contribution in [1.82, 2.24) is 4.98 Å². The van der Waals surface area contributed by atoms with Crippen molar-refractivity contribution in [3.05, 3.63) is 52.3 Å². The van der Waals surface area contributed by atoms with E-state index in [1.54, 1.807) is 12.1 Å². The van der Waals surface area contributed by atoms with Gasteiger partial charge in [0.25, 0.3) is 0 Å². The number of hydrogen-bond donors (Lipinski definition) is 2. The number of halogens is 1. The van der Waals surface area contributed by atoms with Crippen LogP contribution < -0.4 is 11.1 Å². The number of anilines is 2. The van der Waals surface area contributed by atoms with Crippen molar-refractivity contribution in [2.45, 2.75) is 13.3 Å². The third-order valence-electron chi connectivity index (χ3n) is 3.10. The number of nitrogens with one attached hydrogen (secondary N) is 1. The zero-order chi connectivity index (χ0) is 15.4. The van der Waals surface area contributed by atoms with Gasteiger partial charge in [0.1, 0.15) is 0 Å². The summed E-state index contributed by atoms with van der Waals surface area (Å²) in [4.78, 5) is 26.8. The van der Waals surface area contributed by atoms with Crippen molar-refractivity contribution >= 4 is 35.2 Å². The Morgan fingerprint density at radius 1 is 1.43 bits per heavy atom. The Morgan fingerprint density at radius 3 is 2.90 bits per heavy atom. The molecular weight excluding hydrogens is 290 g/mol. The second kappa shape index (κ2) is 6.37. The van der Waals surface area contributed by atoms with Gasteiger partial charge in [-0.25, -0.2) is 0 Å². The van der Waals surface area contributed by atoms with Crippen LogP contribution in [0.5, 0.6) is 0 Å². The van der Waals surface area contributed by atoms with E-state index in [1.165, 1.54) is 12.4 Å². The lowest BCUT2D eigenvalue weighted by Crippen LogP contribution is -2.16. The molecule has 0 bridgehead atoms. The van der Waals surface area contributed by atoms with E-state index in [2.05, 4.69) is 10.3 Å². The molecule has 1 amide bonds. The van der Waals surface area contributed by atoms with Gasteiger partial charge in [-0.15, -0.1) is 0 Å². The first-order chi connectivity index (χ1) is 10.0. The maximum atomic E-state index is 12.1. The molecule has 0 fully saturated rings. The van der Waals surface area contributed by atoms with Crippen LogP contribution in [0, 0.1) is 6.92 Å². The highest BCUT2D eigenvalue weighted by molar-refractivity contribution is 6.34. The zero-order valence-electron chi connectivity index (χ0n) is 11.4. The van der Waals surface area contributed by atoms with Crippen molar-refractivity contribution in [3.8, 4) is 0 Å². The number of carbonyl (C=O) groups is 2. The molecule has 1 heterocycles. The highest BCUT2D eigenvalue weighted by Crippen LogP contribution is 2.27. The van der Waals surface area contributed by atoms with E-state index in [0.29, 0.717) is 33.8 Å². The lowest BCUT2D eigenvalue weighted by molar-refractivity contribution is -0.115. The Morgan fingerprint density at radius 2 is 2.19 bits per heavy atom. The lowest BCUT2D eigenvalue weighted by Gasteiger charge is -2.11. The maximum Gasteiger partial charge on any atom is 0.228 e. The molecule has 0 atom stereocenters. The van der Waals surface area contributed by atoms with Gasteiger partial charge in [-0.05, 0) is 30.2 Å². The SMILES string of the molecule is Cc1ccc(N)c(Cl)c1CC(=O)Nc1ccncc1C=O. The summed E-state index contributed by atoms with van der Waals surface area (Å²) in [6.07, 6.45) is 3.61. The molecule has 5 nitrogen and oxygen atoms in total. The largest absolute Gasteiger partial charge is 0.398 e. The van der Waals surface area contributed by atoms with Crippen molar-refractivity contribution in [2.75, 3.05) is 11.1 Å². The number of amides is 1. The summed E-state index contributed by atoms with van der Waals surface area (Å²) in [5.41, 5.74) is 8.48. The molecule has 2 rings (SSSR count). The molecule has 0 aliphatic rings. The average Bonchev–Trinajstić information content (AvgIpc) is 2.48. The monoisotopic (exact) mass is 303 g/mol. The van der Waals surface area contributed by atoms with Crippen LogP contribution in [0.15, 0.2) is 30.6 Å². The van der Waals surface area contributed by atoms with Crippen molar-refractivity contribution < 1.29 is 9.59 Å². The van der Waals surface area contributed by atoms with Crippen LogP contribution in [0.3, 0.4) is 0 Å². The molecule has 1 aromatic carbocycles. The lowest BCUT2D eigenvalue weighted by atomic mass is 10.0. The number of pyridine rings is 1. The topological polar surface area (TPSA) is 85.1 Å². The predicted molar refractivity (Wildman–Crippen MR) is 82.6 cm³/mol. The van der Waals surface area contributed by atoms with Gasteiger partial charge in [0.05, 0.1) is 28.4 Å². The number of rotatable bonds is 4. The van der Waals surface area contributed by atoms with Crippen LogP contribution in [0.4, 0.5) is 11.4 Å². The van der Waals surface area contributed by atoms with Gasteiger partial charge in [-0.2, -0.15) is 0 Å². The molecular formula is C15H14ClN3O2. The van der Waals surface area contributed by atoms with Crippen LogP contribution in [0.1, 0.15) is 21.5 Å². The number of nitrogens with zero attached hydrogens (tertiary/aromatic N) is 1. The van der Waals surface area contributed by atoms with E-state index < -0.39 is 0 Å². The minimum Gasteiger partial charge on any atom is -0.398 e. The minimum absolute atomic E-state index is 0.0797. The Hall–Kier alpha value is -2.40. The molecule has 21 heavy (non-hydrogen) atoms. The number of carbonyl (C=O) groups excluding carboxylic acids is 2. The average molecular weight is 304 g/mol. The highest BCUT2D eigenvalue weighted by atomic mass is 35.5. The first kappa shape index (κ1) is 15.0. The van der Waals surface area contributed by atoms with Crippen molar-refractivity contribution in [2.24, 2.45) is 0 Å². The fourth-order valence-corrected chi connectivity index (χ4v) is 2.20. The molecule has 108 valence electrons. The van der Waals surface area contributed by atoms with Crippen LogP contribution >= 0.6 is 11.6 Å². The number of hydrogen-bond acceptors (Lipinski definition) is 4. The number of nitrogen functional groups attached to an aromatic ring is 1. The van der Waals surface area contributed by atoms with Crippen LogP contribution in [0.2, 0.25) is 5.02 Å². The van der Waals surface area contributed by atoms with Crippen LogP contribution in [-0.4, -0.2) is 17.2 Å². The molecule has 0 radical (unpaired) electrons. The summed E-state index contributed by atoms with van der Waals surface area (Å²) in [6, 6.07) is 5.08. The normalized spacial score (nSPS) is 10.2. The van der Waals surface area contributed by atoms with Crippen molar-refractivity contribution in [1.29, 1.82) is 0 Å². The highest BCUT2D eigenvalue weighted by Gasteiger charge is 2.13. The summed E-state index contributed by atoms with van der Waals surface area (Å²) in [5, 5.41) is 3.06. The molecule has 6 heteroatoms. The third-order valence-corrected chi connectivity index (χ3v) is 3.54. The van der Waals surface area contributed by atoms with E-state index >= 15 is 0 Å². The minimum atomic E-state index is -0.278. The summed E-state index contributed by atoms with van der Waals surface area (Å²) >= 11 is 6.13. The number of nitrogens with two attached hydrogens (primary N) is 1. The van der Waals surface area contributed by atoms with E-state index in [0.717, 1.165) is 5.56 Å². The quantitative estimate of drug-likeness (QED) is 0.671. The number of aldehydes is 1. The summed E-state index contributed by atoms with van der Waals surface area (Å²) in [7, 11) is 0. The smallest absolute Gasteiger partial charge is 0.228 e. The Kier molecular flexibility index (Phi) is 4.55. The Labute approximate surface area is 127 Å². The number of benzene rings is 1. The summed E-state index contributed by atoms with van der Waals surface area (Å²) < 4.78 is 0. The molecule has 0 aliphatic heterocycles. The van der Waals surface area contributed by atoms with Gasteiger partial charge in [-0.1, -0.05) is 17.7 Å². The van der Waals surface area contributed by atoms with Gasteiger partial charge in [0.15, 0.2) is 6.29 Å². The molecule has 0 saturated carbocycles. The van der Waals surface area contributed by atoms with Gasteiger partial charge < -0.3 is 11.1 Å². The maximum absolute atomic E-state index is 12.1. The van der Waals surface area contributed by atoms with Gasteiger partial charge in [-0.3, -0.25) is 14.6 Å². The first-order valence-electron chi connectivity index (χ1n) is 6.25. The number of aromatic nitrogens is 1. The van der Waals surface area contributed by atoms with Crippen LogP contribution in [-0.2, 0) is 11.2 Å². The van der Waals surface area contributed by atoms with Crippen molar-refractivity contribution in [3.63, 3.8) is 0 Å². The number of aryl methyl sites for hydroxylation is 1. The predicted octanol–water partition coefficient (Wildman–Crippen LogP) is 2.62. The Balaban J connectivity index is 2.20. The van der Waals surface area contributed by atoms with Gasteiger partial charge in [0, 0.05) is 12.4 Å². The van der Waals surface area contributed by atoms with Gasteiger partial charge in [0.2, 0.25) is 5.91 Å². The molecule has 0 aliphatic carbocycles. The molecule has 0 saturated heterocycles. The first-order valence-corrected chi connectivity index (χ1v) is 6.63. The van der Waals surface area contributed by atoms with E-state index in [1.807, 2.05) is 13.0 Å². The molecule has 0 spiro atoms. The molecule has 3 N–H and O–H groups in total. The van der Waals surface area contributed by atoms with E-state index in [-0.39, 0.29) is 12.3 Å². The molecule has 1 aromatic heterocycles. The fourth-order valence-electron chi connectivity index (χ4n) is 1.92. The molecule has 0 unspecified atom stereocenters. The summed E-state index contributed by atoms with van der Waals surface area (Å²) in [5.74, 6) is -0.278.